The number of ether oxygens (including phenoxy) is 1. The highest BCUT2D eigenvalue weighted by molar-refractivity contribution is 6.00. The van der Waals surface area contributed by atoms with Crippen LogP contribution in [0.15, 0.2) is 84.0 Å². The molecule has 154 valence electrons. The van der Waals surface area contributed by atoms with E-state index in [4.69, 9.17) is 14.7 Å². The van der Waals surface area contributed by atoms with Crippen molar-refractivity contribution < 1.29 is 19.5 Å². The van der Waals surface area contributed by atoms with Gasteiger partial charge >= 0.3 is 5.97 Å². The fourth-order valence-corrected chi connectivity index (χ4v) is 3.06. The second-order valence-corrected chi connectivity index (χ2v) is 6.81. The number of hydrogen-bond acceptors (Lipinski definition) is 4. The molecule has 0 saturated carbocycles. The van der Waals surface area contributed by atoms with Crippen molar-refractivity contribution in [2.45, 2.75) is 26.6 Å². The molecule has 0 atom stereocenters. The van der Waals surface area contributed by atoms with Gasteiger partial charge in [0.15, 0.2) is 0 Å². The first-order chi connectivity index (χ1) is 14.7. The topological polar surface area (TPSA) is 68.1 Å². The number of nitrogens with zero attached hydrogens (tertiary/aromatic N) is 1. The number of carboxylic acids is 1. The van der Waals surface area contributed by atoms with Crippen molar-refractivity contribution in [3.63, 3.8) is 0 Å². The van der Waals surface area contributed by atoms with Crippen LogP contribution in [0.5, 0.6) is 0 Å². The third-order valence-corrected chi connectivity index (χ3v) is 4.55. The van der Waals surface area contributed by atoms with Crippen LogP contribution in [0.2, 0.25) is 0 Å². The fourth-order valence-electron chi connectivity index (χ4n) is 3.06. The van der Waals surface area contributed by atoms with E-state index in [2.05, 4.69) is 41.6 Å². The summed E-state index contributed by atoms with van der Waals surface area (Å²) in [6.45, 7) is 2.32. The van der Waals surface area contributed by atoms with Gasteiger partial charge in [-0.2, -0.15) is 0 Å². The highest BCUT2D eigenvalue weighted by Crippen LogP contribution is 2.20. The van der Waals surface area contributed by atoms with Crippen LogP contribution in [0.1, 0.15) is 30.0 Å². The molecule has 0 aliphatic rings. The van der Waals surface area contributed by atoms with Crippen molar-refractivity contribution in [1.82, 2.24) is 0 Å². The predicted octanol–water partition coefficient (Wildman–Crippen LogP) is 5.29. The van der Waals surface area contributed by atoms with Gasteiger partial charge in [-0.1, -0.05) is 84.9 Å². The maximum absolute atomic E-state index is 10.5. The minimum Gasteiger partial charge on any atom is -0.480 e. The molecule has 30 heavy (non-hydrogen) atoms. The molecule has 5 nitrogen and oxygen atoms in total. The van der Waals surface area contributed by atoms with Gasteiger partial charge in [0.05, 0.1) is 12.3 Å². The molecule has 0 amide bonds. The van der Waals surface area contributed by atoms with Gasteiger partial charge in [-0.05, 0) is 40.3 Å². The van der Waals surface area contributed by atoms with Gasteiger partial charge in [-0.25, -0.2) is 4.79 Å². The van der Waals surface area contributed by atoms with E-state index in [1.807, 2.05) is 49.4 Å². The van der Waals surface area contributed by atoms with Crippen LogP contribution in [-0.4, -0.2) is 23.4 Å². The number of oxime groups is 1. The summed E-state index contributed by atoms with van der Waals surface area (Å²) in [5.41, 5.74) is 6.11. The fraction of sp³-hybridized carbons (Fsp3) is 0.200. The van der Waals surface area contributed by atoms with Crippen LogP contribution in [0.4, 0.5) is 0 Å². The van der Waals surface area contributed by atoms with Crippen LogP contribution < -0.4 is 0 Å². The lowest BCUT2D eigenvalue weighted by Crippen LogP contribution is -2.06. The van der Waals surface area contributed by atoms with Gasteiger partial charge < -0.3 is 14.7 Å². The SMILES string of the molecule is CCC(=NOCc1cccc(COCC(=O)O)c1)c1ccc(-c2ccccc2)cc1. The van der Waals surface area contributed by atoms with Gasteiger partial charge in [0, 0.05) is 0 Å². The molecule has 1 N–H and O–H groups in total. The van der Waals surface area contributed by atoms with Gasteiger partial charge in [-0.15, -0.1) is 0 Å². The van der Waals surface area contributed by atoms with Crippen LogP contribution in [-0.2, 0) is 27.6 Å². The Kier molecular flexibility index (Phi) is 7.75. The largest absolute Gasteiger partial charge is 0.480 e. The van der Waals surface area contributed by atoms with E-state index in [-0.39, 0.29) is 13.2 Å². The van der Waals surface area contributed by atoms with Crippen LogP contribution in [0.3, 0.4) is 0 Å². The molecule has 3 rings (SSSR count). The van der Waals surface area contributed by atoms with Crippen molar-refractivity contribution >= 4 is 11.7 Å². The predicted molar refractivity (Wildman–Crippen MR) is 117 cm³/mol. The Hall–Kier alpha value is -3.44. The lowest BCUT2D eigenvalue weighted by Gasteiger charge is -2.08. The van der Waals surface area contributed by atoms with E-state index in [0.717, 1.165) is 34.4 Å². The third-order valence-electron chi connectivity index (χ3n) is 4.55. The van der Waals surface area contributed by atoms with E-state index in [1.165, 1.54) is 5.56 Å². The van der Waals surface area contributed by atoms with E-state index < -0.39 is 5.97 Å². The molecule has 3 aromatic rings. The maximum atomic E-state index is 10.5. The normalized spacial score (nSPS) is 11.3. The molecule has 0 spiro atoms. The van der Waals surface area contributed by atoms with Crippen molar-refractivity contribution in [1.29, 1.82) is 0 Å². The minimum atomic E-state index is -0.979. The lowest BCUT2D eigenvalue weighted by molar-refractivity contribution is -0.142. The Morgan fingerprint density at radius 3 is 2.20 bits per heavy atom. The zero-order valence-corrected chi connectivity index (χ0v) is 17.0. The summed E-state index contributed by atoms with van der Waals surface area (Å²) in [7, 11) is 0. The van der Waals surface area contributed by atoms with Crippen LogP contribution >= 0.6 is 0 Å². The first kappa shape index (κ1) is 21.3. The maximum Gasteiger partial charge on any atom is 0.329 e. The monoisotopic (exact) mass is 403 g/mol. The molecular formula is C25H25NO4. The summed E-state index contributed by atoms with van der Waals surface area (Å²) in [6.07, 6.45) is 0.758. The molecule has 0 bridgehead atoms. The Bertz CT molecular complexity index is 982. The molecule has 0 radical (unpaired) electrons. The Labute approximate surface area is 176 Å². The summed E-state index contributed by atoms with van der Waals surface area (Å²) in [5, 5.41) is 13.0. The third kappa shape index (κ3) is 6.29. The quantitative estimate of drug-likeness (QED) is 0.369. The number of carboxylic acid groups (broad SMARTS) is 1. The summed E-state index contributed by atoms with van der Waals surface area (Å²) in [6, 6.07) is 26.2. The zero-order valence-electron chi connectivity index (χ0n) is 17.0. The van der Waals surface area contributed by atoms with E-state index in [9.17, 15) is 4.79 Å². The second-order valence-electron chi connectivity index (χ2n) is 6.81. The molecule has 0 aliphatic heterocycles. The summed E-state index contributed by atoms with van der Waals surface area (Å²) >= 11 is 0. The summed E-state index contributed by atoms with van der Waals surface area (Å²) < 4.78 is 5.13. The molecule has 0 heterocycles. The number of aliphatic carboxylic acids is 1. The average Bonchev–Trinajstić information content (AvgIpc) is 2.78. The van der Waals surface area contributed by atoms with Crippen molar-refractivity contribution in [3.8, 4) is 11.1 Å². The second kappa shape index (κ2) is 10.9. The number of rotatable bonds is 10. The van der Waals surface area contributed by atoms with E-state index in [0.29, 0.717) is 6.61 Å². The molecule has 0 fully saturated rings. The van der Waals surface area contributed by atoms with Gasteiger partial charge in [0.1, 0.15) is 13.2 Å². The molecule has 5 heteroatoms. The van der Waals surface area contributed by atoms with Gasteiger partial charge in [0.2, 0.25) is 0 Å². The Morgan fingerprint density at radius 2 is 1.53 bits per heavy atom. The minimum absolute atomic E-state index is 0.247. The first-order valence-corrected chi connectivity index (χ1v) is 9.87. The van der Waals surface area contributed by atoms with Crippen molar-refractivity contribution in [2.75, 3.05) is 6.61 Å². The molecule has 0 unspecified atom stereocenters. The highest BCUT2D eigenvalue weighted by atomic mass is 16.6. The number of benzene rings is 3. The zero-order chi connectivity index (χ0) is 21.2. The lowest BCUT2D eigenvalue weighted by atomic mass is 10.0. The Balaban J connectivity index is 1.60. The molecular weight excluding hydrogens is 378 g/mol. The number of carbonyl (C=O) groups is 1. The van der Waals surface area contributed by atoms with E-state index >= 15 is 0 Å². The molecule has 3 aromatic carbocycles. The van der Waals surface area contributed by atoms with Gasteiger partial charge in [-0.3, -0.25) is 0 Å². The smallest absolute Gasteiger partial charge is 0.329 e. The Morgan fingerprint density at radius 1 is 0.867 bits per heavy atom. The standard InChI is InChI=1S/C25H25NO4/c1-2-24(23-13-11-22(12-14-23)21-9-4-3-5-10-21)26-30-17-20-8-6-7-19(15-20)16-29-18-25(27)28/h3-15H,2,16-18H2,1H3,(H,27,28). The van der Waals surface area contributed by atoms with Crippen LogP contribution in [0.25, 0.3) is 11.1 Å². The molecule has 0 saturated heterocycles. The number of hydrogen-bond donors (Lipinski definition) is 1. The van der Waals surface area contributed by atoms with Crippen molar-refractivity contribution in [3.05, 3.63) is 95.6 Å². The summed E-state index contributed by atoms with van der Waals surface area (Å²) in [4.78, 5) is 16.1. The highest BCUT2D eigenvalue weighted by Gasteiger charge is 2.05. The van der Waals surface area contributed by atoms with Crippen LogP contribution in [0, 0.1) is 0 Å². The van der Waals surface area contributed by atoms with E-state index in [1.54, 1.807) is 0 Å². The average molecular weight is 403 g/mol. The molecule has 0 aliphatic carbocycles. The van der Waals surface area contributed by atoms with Gasteiger partial charge in [0.25, 0.3) is 0 Å². The first-order valence-electron chi connectivity index (χ1n) is 9.87. The summed E-state index contributed by atoms with van der Waals surface area (Å²) in [5.74, 6) is -0.979. The molecule has 0 aromatic heterocycles. The van der Waals surface area contributed by atoms with Crippen molar-refractivity contribution in [2.24, 2.45) is 5.16 Å².